The molecule has 0 spiro atoms. The van der Waals surface area contributed by atoms with E-state index in [4.69, 9.17) is 0 Å². The summed E-state index contributed by atoms with van der Waals surface area (Å²) in [5, 5.41) is 0. The van der Waals surface area contributed by atoms with Crippen molar-refractivity contribution in [1.82, 2.24) is 15.0 Å². The lowest BCUT2D eigenvalue weighted by Gasteiger charge is -2.19. The lowest BCUT2D eigenvalue weighted by molar-refractivity contribution is 0.766. The Labute approximate surface area is 117 Å². The van der Waals surface area contributed by atoms with Gasteiger partial charge in [0.15, 0.2) is 0 Å². The number of hydrogen-bond acceptors (Lipinski definition) is 4. The Bertz CT molecular complexity index is 648. The first-order valence-electron chi connectivity index (χ1n) is 7.03. The maximum Gasteiger partial charge on any atom is 0.248 e. The molecule has 0 fully saturated rings. The zero-order valence-electron chi connectivity index (χ0n) is 11.6. The Morgan fingerprint density at radius 1 is 1.20 bits per heavy atom. The number of anilines is 1. The third kappa shape index (κ3) is 2.57. The minimum atomic E-state index is -0.0271. The fourth-order valence-corrected chi connectivity index (χ4v) is 2.51. The van der Waals surface area contributed by atoms with E-state index in [1.54, 1.807) is 6.07 Å². The molecule has 0 radical (unpaired) electrons. The predicted molar refractivity (Wildman–Crippen MR) is 78.1 cm³/mol. The molecule has 2 aromatic heterocycles. The lowest BCUT2D eigenvalue weighted by atomic mass is 10.1. The summed E-state index contributed by atoms with van der Waals surface area (Å²) in [6.07, 6.45) is 6.47. The number of hydrogen-bond donors (Lipinski definition) is 1. The van der Waals surface area contributed by atoms with Crippen LogP contribution < -0.4 is 10.5 Å². The topological polar surface area (TPSA) is 61.9 Å². The highest BCUT2D eigenvalue weighted by molar-refractivity contribution is 5.34. The van der Waals surface area contributed by atoms with E-state index < -0.39 is 0 Å². The third-order valence-electron chi connectivity index (χ3n) is 3.76. The summed E-state index contributed by atoms with van der Waals surface area (Å²) in [6.45, 7) is 3.81. The SMILES string of the molecule is CCc1cnc(N2CCc3ccc(=O)[nH]c3CC2)nc1. The number of nitrogens with zero attached hydrogens (tertiary/aromatic N) is 3. The van der Waals surface area contributed by atoms with Gasteiger partial charge in [-0.15, -0.1) is 0 Å². The highest BCUT2D eigenvalue weighted by Crippen LogP contribution is 2.16. The fourth-order valence-electron chi connectivity index (χ4n) is 2.51. The minimum absolute atomic E-state index is 0.0271. The van der Waals surface area contributed by atoms with Crippen LogP contribution in [0.3, 0.4) is 0 Å². The van der Waals surface area contributed by atoms with Gasteiger partial charge in [0.1, 0.15) is 0 Å². The molecule has 20 heavy (non-hydrogen) atoms. The molecule has 3 heterocycles. The molecule has 104 valence electrons. The molecule has 1 aliphatic heterocycles. The molecule has 0 saturated heterocycles. The van der Waals surface area contributed by atoms with Gasteiger partial charge in [-0.25, -0.2) is 9.97 Å². The lowest BCUT2D eigenvalue weighted by Crippen LogP contribution is -2.28. The van der Waals surface area contributed by atoms with Crippen molar-refractivity contribution in [2.45, 2.75) is 26.2 Å². The van der Waals surface area contributed by atoms with Crippen LogP contribution in [0.4, 0.5) is 5.95 Å². The van der Waals surface area contributed by atoms with Gasteiger partial charge < -0.3 is 9.88 Å². The summed E-state index contributed by atoms with van der Waals surface area (Å²) in [4.78, 5) is 25.4. The first-order chi connectivity index (χ1) is 9.76. The quantitative estimate of drug-likeness (QED) is 0.894. The number of pyridine rings is 1. The molecule has 0 saturated carbocycles. The van der Waals surface area contributed by atoms with Crippen LogP contribution in [0.15, 0.2) is 29.3 Å². The Morgan fingerprint density at radius 2 is 1.95 bits per heavy atom. The van der Waals surface area contributed by atoms with Crippen molar-refractivity contribution in [3.8, 4) is 0 Å². The molecule has 2 aromatic rings. The Balaban J connectivity index is 1.80. The van der Waals surface area contributed by atoms with E-state index in [1.807, 2.05) is 18.5 Å². The second-order valence-electron chi connectivity index (χ2n) is 5.06. The van der Waals surface area contributed by atoms with Gasteiger partial charge in [-0.05, 0) is 24.0 Å². The van der Waals surface area contributed by atoms with Crippen LogP contribution in [0, 0.1) is 0 Å². The standard InChI is InChI=1S/C15H18N4O/c1-2-11-9-16-15(17-10-11)19-7-5-12-3-4-14(20)18-13(12)6-8-19/h3-4,9-10H,2,5-8H2,1H3,(H,18,20). The molecule has 5 heteroatoms. The summed E-state index contributed by atoms with van der Waals surface area (Å²) < 4.78 is 0. The smallest absolute Gasteiger partial charge is 0.248 e. The number of fused-ring (bicyclic) bond motifs is 1. The molecule has 0 aliphatic carbocycles. The molecule has 0 amide bonds. The van der Waals surface area contributed by atoms with E-state index in [0.717, 1.165) is 49.6 Å². The van der Waals surface area contributed by atoms with Gasteiger partial charge in [0.25, 0.3) is 0 Å². The van der Waals surface area contributed by atoms with Crippen LogP contribution in [-0.4, -0.2) is 28.0 Å². The molecule has 0 bridgehead atoms. The van der Waals surface area contributed by atoms with Crippen LogP contribution >= 0.6 is 0 Å². The first-order valence-corrected chi connectivity index (χ1v) is 7.03. The predicted octanol–water partition coefficient (Wildman–Crippen LogP) is 1.33. The average Bonchev–Trinajstić information content (AvgIpc) is 2.69. The largest absolute Gasteiger partial charge is 0.340 e. The fraction of sp³-hybridized carbons (Fsp3) is 0.400. The summed E-state index contributed by atoms with van der Waals surface area (Å²) in [6, 6.07) is 3.53. The van der Waals surface area contributed by atoms with Crippen molar-refractivity contribution in [3.05, 3.63) is 51.7 Å². The van der Waals surface area contributed by atoms with Gasteiger partial charge >= 0.3 is 0 Å². The molecule has 0 aromatic carbocycles. The van der Waals surface area contributed by atoms with Gasteiger partial charge in [0.05, 0.1) is 0 Å². The molecule has 0 atom stereocenters. The summed E-state index contributed by atoms with van der Waals surface area (Å²) in [7, 11) is 0. The van der Waals surface area contributed by atoms with Crippen LogP contribution in [0.1, 0.15) is 23.7 Å². The Kier molecular flexibility index (Phi) is 3.50. The number of aromatic amines is 1. The first kappa shape index (κ1) is 12.8. The maximum atomic E-state index is 11.4. The summed E-state index contributed by atoms with van der Waals surface area (Å²) >= 11 is 0. The van der Waals surface area contributed by atoms with Gasteiger partial charge in [0, 0.05) is 43.7 Å². The van der Waals surface area contributed by atoms with E-state index in [1.165, 1.54) is 5.56 Å². The Morgan fingerprint density at radius 3 is 2.70 bits per heavy atom. The average molecular weight is 270 g/mol. The van der Waals surface area contributed by atoms with E-state index in [2.05, 4.69) is 26.8 Å². The van der Waals surface area contributed by atoms with Crippen molar-refractivity contribution in [1.29, 1.82) is 0 Å². The molecule has 5 nitrogen and oxygen atoms in total. The number of H-pyrrole nitrogens is 1. The van der Waals surface area contributed by atoms with Crippen molar-refractivity contribution in [3.63, 3.8) is 0 Å². The number of rotatable bonds is 2. The highest BCUT2D eigenvalue weighted by atomic mass is 16.1. The zero-order chi connectivity index (χ0) is 13.9. The van der Waals surface area contributed by atoms with Gasteiger partial charge in [-0.1, -0.05) is 13.0 Å². The summed E-state index contributed by atoms with van der Waals surface area (Å²) in [5.74, 6) is 0.775. The second kappa shape index (κ2) is 5.45. The van der Waals surface area contributed by atoms with E-state index >= 15 is 0 Å². The Hall–Kier alpha value is -2.17. The minimum Gasteiger partial charge on any atom is -0.340 e. The van der Waals surface area contributed by atoms with Crippen LogP contribution in [0.2, 0.25) is 0 Å². The van der Waals surface area contributed by atoms with Gasteiger partial charge in [0.2, 0.25) is 11.5 Å². The molecular weight excluding hydrogens is 252 g/mol. The number of aromatic nitrogens is 3. The normalized spacial score (nSPS) is 14.8. The monoisotopic (exact) mass is 270 g/mol. The highest BCUT2D eigenvalue weighted by Gasteiger charge is 2.16. The van der Waals surface area contributed by atoms with Crippen molar-refractivity contribution in [2.75, 3.05) is 18.0 Å². The molecule has 0 unspecified atom stereocenters. The maximum absolute atomic E-state index is 11.4. The molecule has 1 N–H and O–H groups in total. The zero-order valence-corrected chi connectivity index (χ0v) is 11.6. The van der Waals surface area contributed by atoms with E-state index in [0.29, 0.717) is 0 Å². The third-order valence-corrected chi connectivity index (χ3v) is 3.76. The second-order valence-corrected chi connectivity index (χ2v) is 5.06. The van der Waals surface area contributed by atoms with Crippen molar-refractivity contribution < 1.29 is 0 Å². The van der Waals surface area contributed by atoms with Gasteiger partial charge in [-0.3, -0.25) is 4.79 Å². The van der Waals surface area contributed by atoms with Crippen LogP contribution in [0.25, 0.3) is 0 Å². The summed E-state index contributed by atoms with van der Waals surface area (Å²) in [5.41, 5.74) is 3.39. The number of nitrogens with one attached hydrogen (secondary N) is 1. The molecular formula is C15H18N4O. The van der Waals surface area contributed by atoms with Crippen LogP contribution in [0.5, 0.6) is 0 Å². The van der Waals surface area contributed by atoms with Crippen molar-refractivity contribution in [2.24, 2.45) is 0 Å². The van der Waals surface area contributed by atoms with E-state index in [9.17, 15) is 4.79 Å². The van der Waals surface area contributed by atoms with Gasteiger partial charge in [-0.2, -0.15) is 0 Å². The number of aryl methyl sites for hydroxylation is 1. The molecule has 3 rings (SSSR count). The van der Waals surface area contributed by atoms with Crippen LogP contribution in [-0.2, 0) is 19.3 Å². The molecule has 1 aliphatic rings. The van der Waals surface area contributed by atoms with Crippen molar-refractivity contribution >= 4 is 5.95 Å². The van der Waals surface area contributed by atoms with E-state index in [-0.39, 0.29) is 5.56 Å².